The van der Waals surface area contributed by atoms with Crippen molar-refractivity contribution in [3.8, 4) is 0 Å². The fourth-order valence-corrected chi connectivity index (χ4v) is 2.30. The lowest BCUT2D eigenvalue weighted by molar-refractivity contribution is -0.134. The summed E-state index contributed by atoms with van der Waals surface area (Å²) in [5.41, 5.74) is 5.58. The molecule has 0 aromatic carbocycles. The maximum atomic E-state index is 12.0. The number of carbonyl (C=O) groups is 1. The Morgan fingerprint density at radius 1 is 1.39 bits per heavy atom. The van der Waals surface area contributed by atoms with Crippen LogP contribution in [0.1, 0.15) is 39.5 Å². The van der Waals surface area contributed by atoms with Gasteiger partial charge in [0.25, 0.3) is 0 Å². The highest BCUT2D eigenvalue weighted by Gasteiger charge is 2.34. The van der Waals surface area contributed by atoms with Crippen LogP contribution < -0.4 is 11.1 Å². The van der Waals surface area contributed by atoms with E-state index in [1.54, 1.807) is 6.92 Å². The van der Waals surface area contributed by atoms with E-state index in [1.165, 1.54) is 0 Å². The van der Waals surface area contributed by atoms with E-state index in [0.29, 0.717) is 26.4 Å². The van der Waals surface area contributed by atoms with E-state index in [4.69, 9.17) is 15.2 Å². The average molecular weight is 258 g/mol. The number of ether oxygens (including phenoxy) is 2. The van der Waals surface area contributed by atoms with E-state index in [9.17, 15) is 4.79 Å². The first kappa shape index (κ1) is 15.4. The van der Waals surface area contributed by atoms with Gasteiger partial charge in [0.05, 0.1) is 18.8 Å². The maximum absolute atomic E-state index is 12.0. The molecule has 3 N–H and O–H groups in total. The van der Waals surface area contributed by atoms with Gasteiger partial charge in [0.2, 0.25) is 5.91 Å². The molecule has 0 aromatic rings. The molecule has 5 heteroatoms. The summed E-state index contributed by atoms with van der Waals surface area (Å²) < 4.78 is 10.6. The van der Waals surface area contributed by atoms with Crippen LogP contribution in [0, 0.1) is 0 Å². The molecular weight excluding hydrogens is 232 g/mol. The van der Waals surface area contributed by atoms with Gasteiger partial charge in [0.15, 0.2) is 0 Å². The van der Waals surface area contributed by atoms with Crippen LogP contribution in [0.15, 0.2) is 0 Å². The molecule has 5 nitrogen and oxygen atoms in total. The Balaban J connectivity index is 2.30. The monoisotopic (exact) mass is 258 g/mol. The normalized spacial score (nSPS) is 19.7. The summed E-state index contributed by atoms with van der Waals surface area (Å²) in [6, 6.07) is 0. The molecule has 1 fully saturated rings. The van der Waals surface area contributed by atoms with E-state index in [2.05, 4.69) is 5.32 Å². The number of nitrogens with one attached hydrogen (secondary N) is 1. The molecule has 0 heterocycles. The lowest BCUT2D eigenvalue weighted by Gasteiger charge is -2.30. The molecule has 106 valence electrons. The van der Waals surface area contributed by atoms with Gasteiger partial charge in [-0.2, -0.15) is 0 Å². The Morgan fingerprint density at radius 2 is 2.06 bits per heavy atom. The predicted octanol–water partition coefficient (Wildman–Crippen LogP) is 0.816. The molecule has 0 radical (unpaired) electrons. The van der Waals surface area contributed by atoms with Gasteiger partial charge in [-0.3, -0.25) is 4.79 Å². The van der Waals surface area contributed by atoms with Crippen molar-refractivity contribution in [3.63, 3.8) is 0 Å². The van der Waals surface area contributed by atoms with E-state index < -0.39 is 6.10 Å². The zero-order valence-corrected chi connectivity index (χ0v) is 11.5. The van der Waals surface area contributed by atoms with Gasteiger partial charge >= 0.3 is 0 Å². The second-order valence-electron chi connectivity index (χ2n) is 4.89. The topological polar surface area (TPSA) is 73.6 Å². The number of rotatable bonds is 8. The van der Waals surface area contributed by atoms with Crippen LogP contribution in [0.3, 0.4) is 0 Å². The van der Waals surface area contributed by atoms with Crippen LogP contribution in [0.2, 0.25) is 0 Å². The minimum Gasteiger partial charge on any atom is -0.379 e. The van der Waals surface area contributed by atoms with Crippen molar-refractivity contribution in [2.24, 2.45) is 5.73 Å². The van der Waals surface area contributed by atoms with Crippen LogP contribution in [0.5, 0.6) is 0 Å². The van der Waals surface area contributed by atoms with Gasteiger partial charge in [0.1, 0.15) is 6.10 Å². The third-order valence-electron chi connectivity index (χ3n) is 3.51. The van der Waals surface area contributed by atoms with E-state index >= 15 is 0 Å². The van der Waals surface area contributed by atoms with Gasteiger partial charge in [-0.1, -0.05) is 12.8 Å². The zero-order valence-electron chi connectivity index (χ0n) is 11.5. The summed E-state index contributed by atoms with van der Waals surface area (Å²) >= 11 is 0. The van der Waals surface area contributed by atoms with Gasteiger partial charge in [-0.05, 0) is 26.7 Å². The number of hydrogen-bond acceptors (Lipinski definition) is 4. The Hall–Kier alpha value is -0.650. The van der Waals surface area contributed by atoms with Crippen molar-refractivity contribution < 1.29 is 14.3 Å². The van der Waals surface area contributed by atoms with Crippen LogP contribution in [0.25, 0.3) is 0 Å². The van der Waals surface area contributed by atoms with Gasteiger partial charge in [0, 0.05) is 13.2 Å². The van der Waals surface area contributed by atoms with Crippen LogP contribution in [-0.4, -0.2) is 43.9 Å². The van der Waals surface area contributed by atoms with Gasteiger partial charge in [-0.25, -0.2) is 0 Å². The molecular formula is C13H26N2O3. The smallest absolute Gasteiger partial charge is 0.249 e. The molecule has 0 saturated heterocycles. The van der Waals surface area contributed by atoms with E-state index in [1.807, 2.05) is 6.92 Å². The number of carbonyl (C=O) groups excluding carboxylic acids is 1. The summed E-state index contributed by atoms with van der Waals surface area (Å²) in [6.45, 7) is 5.83. The first-order chi connectivity index (χ1) is 8.63. The molecule has 0 aliphatic heterocycles. The maximum Gasteiger partial charge on any atom is 0.249 e. The SMILES string of the molecule is CCOCCOC(C)C(=O)NC1(CN)CCCC1. The van der Waals surface area contributed by atoms with Crippen molar-refractivity contribution in [2.45, 2.75) is 51.2 Å². The number of nitrogens with two attached hydrogens (primary N) is 1. The molecule has 1 saturated carbocycles. The number of amides is 1. The minimum atomic E-state index is -0.450. The third-order valence-corrected chi connectivity index (χ3v) is 3.51. The number of hydrogen-bond donors (Lipinski definition) is 2. The Kier molecular flexibility index (Phi) is 6.60. The molecule has 1 aliphatic carbocycles. The lowest BCUT2D eigenvalue weighted by atomic mass is 9.97. The summed E-state index contributed by atoms with van der Waals surface area (Å²) in [6.07, 6.45) is 3.77. The van der Waals surface area contributed by atoms with Gasteiger partial charge < -0.3 is 20.5 Å². The average Bonchev–Trinajstić information content (AvgIpc) is 2.83. The first-order valence-corrected chi connectivity index (χ1v) is 6.85. The van der Waals surface area contributed by atoms with Crippen molar-refractivity contribution in [3.05, 3.63) is 0 Å². The third kappa shape index (κ3) is 4.55. The summed E-state index contributed by atoms with van der Waals surface area (Å²) in [7, 11) is 0. The van der Waals surface area contributed by atoms with Crippen molar-refractivity contribution >= 4 is 5.91 Å². The lowest BCUT2D eigenvalue weighted by Crippen LogP contribution is -2.54. The molecule has 1 aliphatic rings. The standard InChI is InChI=1S/C13H26N2O3/c1-3-17-8-9-18-11(2)12(16)15-13(10-14)6-4-5-7-13/h11H,3-10,14H2,1-2H3,(H,15,16). The van der Waals surface area contributed by atoms with Gasteiger partial charge in [-0.15, -0.1) is 0 Å². The highest BCUT2D eigenvalue weighted by Crippen LogP contribution is 2.28. The minimum absolute atomic E-state index is 0.0705. The summed E-state index contributed by atoms with van der Waals surface area (Å²) in [5, 5.41) is 3.05. The predicted molar refractivity (Wildman–Crippen MR) is 70.3 cm³/mol. The fraction of sp³-hybridized carbons (Fsp3) is 0.923. The molecule has 0 spiro atoms. The highest BCUT2D eigenvalue weighted by atomic mass is 16.5. The molecule has 0 aromatic heterocycles. The summed E-state index contributed by atoms with van der Waals surface area (Å²) in [4.78, 5) is 12.0. The fourth-order valence-electron chi connectivity index (χ4n) is 2.30. The quantitative estimate of drug-likeness (QED) is 0.632. The Morgan fingerprint density at radius 3 is 2.61 bits per heavy atom. The van der Waals surface area contributed by atoms with E-state index in [-0.39, 0.29) is 11.4 Å². The van der Waals surface area contributed by atoms with Crippen molar-refractivity contribution in [2.75, 3.05) is 26.4 Å². The highest BCUT2D eigenvalue weighted by molar-refractivity contribution is 5.81. The molecule has 0 bridgehead atoms. The largest absolute Gasteiger partial charge is 0.379 e. The molecule has 1 rings (SSSR count). The molecule has 18 heavy (non-hydrogen) atoms. The zero-order chi connectivity index (χ0) is 13.4. The van der Waals surface area contributed by atoms with Crippen LogP contribution in [-0.2, 0) is 14.3 Å². The Bertz CT molecular complexity index is 253. The summed E-state index contributed by atoms with van der Waals surface area (Å²) in [5.74, 6) is -0.0705. The molecule has 1 atom stereocenters. The second-order valence-corrected chi connectivity index (χ2v) is 4.89. The van der Waals surface area contributed by atoms with E-state index in [0.717, 1.165) is 25.7 Å². The Labute approximate surface area is 109 Å². The van der Waals surface area contributed by atoms with Crippen LogP contribution >= 0.6 is 0 Å². The van der Waals surface area contributed by atoms with Crippen molar-refractivity contribution in [1.82, 2.24) is 5.32 Å². The van der Waals surface area contributed by atoms with Crippen LogP contribution in [0.4, 0.5) is 0 Å². The first-order valence-electron chi connectivity index (χ1n) is 6.85. The molecule has 1 unspecified atom stereocenters. The molecule has 1 amide bonds. The van der Waals surface area contributed by atoms with Crippen molar-refractivity contribution in [1.29, 1.82) is 0 Å². The second kappa shape index (κ2) is 7.71.